The van der Waals surface area contributed by atoms with E-state index in [2.05, 4.69) is 21.2 Å². The molecule has 0 aromatic heterocycles. The molecule has 2 unspecified atom stereocenters. The second-order valence-corrected chi connectivity index (χ2v) is 5.18. The predicted octanol–water partition coefficient (Wildman–Crippen LogP) is 1.88. The van der Waals surface area contributed by atoms with Crippen LogP contribution >= 0.6 is 15.9 Å². The summed E-state index contributed by atoms with van der Waals surface area (Å²) in [6.45, 7) is 0. The number of halogens is 2. The summed E-state index contributed by atoms with van der Waals surface area (Å²) in [5, 5.41) is 11.6. The highest BCUT2D eigenvalue weighted by molar-refractivity contribution is 9.10. The van der Waals surface area contributed by atoms with Crippen molar-refractivity contribution in [2.45, 2.75) is 11.8 Å². The molecule has 1 aliphatic heterocycles. The van der Waals surface area contributed by atoms with Crippen molar-refractivity contribution in [3.8, 4) is 0 Å². The zero-order valence-electron chi connectivity index (χ0n) is 8.46. The molecule has 1 aromatic rings. The largest absolute Gasteiger partial charge is 0.481 e. The summed E-state index contributed by atoms with van der Waals surface area (Å²) in [6, 6.07) is 2.48. The molecule has 1 aromatic carbocycles. The van der Waals surface area contributed by atoms with Gasteiger partial charge >= 0.3 is 5.97 Å². The van der Waals surface area contributed by atoms with E-state index in [0.717, 1.165) is 0 Å². The third-order valence-electron chi connectivity index (χ3n) is 3.44. The number of hydrogen-bond acceptors (Lipinski definition) is 2. The fourth-order valence-electron chi connectivity index (χ4n) is 2.51. The first kappa shape index (κ1) is 10.7. The van der Waals surface area contributed by atoms with Crippen molar-refractivity contribution >= 4 is 33.5 Å². The lowest BCUT2D eigenvalue weighted by molar-refractivity contribution is -0.140. The first-order valence-corrected chi connectivity index (χ1v) is 5.80. The summed E-state index contributed by atoms with van der Waals surface area (Å²) in [5.74, 6) is -2.61. The van der Waals surface area contributed by atoms with Gasteiger partial charge in [0.1, 0.15) is 5.82 Å². The van der Waals surface area contributed by atoms with Gasteiger partial charge in [0.15, 0.2) is 0 Å². The van der Waals surface area contributed by atoms with Crippen LogP contribution in [-0.4, -0.2) is 17.0 Å². The first-order chi connectivity index (χ1) is 7.96. The predicted molar refractivity (Wildman–Crippen MR) is 60.2 cm³/mol. The standard InChI is InChI=1S/C11H7BrFNO3/c12-7-2-4(13)1-5-8(7)14-10(17)11(5)3-6(11)9(15)16/h1-2,6H,3H2,(H,14,17)(H,15,16). The molecule has 2 N–H and O–H groups in total. The number of anilines is 1. The molecule has 1 saturated carbocycles. The Bertz CT molecular complexity index is 574. The van der Waals surface area contributed by atoms with Gasteiger partial charge < -0.3 is 10.4 Å². The Balaban J connectivity index is 2.19. The third-order valence-corrected chi connectivity index (χ3v) is 4.06. The molecule has 2 aliphatic rings. The van der Waals surface area contributed by atoms with Crippen molar-refractivity contribution in [2.24, 2.45) is 5.92 Å². The lowest BCUT2D eigenvalue weighted by Gasteiger charge is -2.06. The summed E-state index contributed by atoms with van der Waals surface area (Å²) < 4.78 is 13.8. The van der Waals surface area contributed by atoms with Crippen molar-refractivity contribution in [2.75, 3.05) is 5.32 Å². The Hall–Kier alpha value is -1.43. The second kappa shape index (κ2) is 3.07. The van der Waals surface area contributed by atoms with Gasteiger partial charge in [-0.3, -0.25) is 9.59 Å². The van der Waals surface area contributed by atoms with Gasteiger partial charge in [-0.05, 0) is 40.0 Å². The van der Waals surface area contributed by atoms with Crippen LogP contribution in [0.3, 0.4) is 0 Å². The Morgan fingerprint density at radius 2 is 2.29 bits per heavy atom. The van der Waals surface area contributed by atoms with E-state index in [4.69, 9.17) is 5.11 Å². The van der Waals surface area contributed by atoms with Crippen LogP contribution in [0.1, 0.15) is 12.0 Å². The number of aliphatic carboxylic acids is 1. The van der Waals surface area contributed by atoms with E-state index in [1.165, 1.54) is 12.1 Å². The van der Waals surface area contributed by atoms with Crippen LogP contribution in [0.4, 0.5) is 10.1 Å². The number of benzene rings is 1. The Morgan fingerprint density at radius 3 is 2.88 bits per heavy atom. The van der Waals surface area contributed by atoms with Crippen LogP contribution in [0.25, 0.3) is 0 Å². The third kappa shape index (κ3) is 1.21. The quantitative estimate of drug-likeness (QED) is 0.832. The van der Waals surface area contributed by atoms with Gasteiger partial charge in [0.05, 0.1) is 17.0 Å². The Morgan fingerprint density at radius 1 is 1.59 bits per heavy atom. The van der Waals surface area contributed by atoms with E-state index in [1.807, 2.05) is 0 Å². The van der Waals surface area contributed by atoms with Crippen molar-refractivity contribution < 1.29 is 19.1 Å². The number of rotatable bonds is 1. The fraction of sp³-hybridized carbons (Fsp3) is 0.273. The number of carbonyl (C=O) groups excluding carboxylic acids is 1. The maximum absolute atomic E-state index is 13.3. The first-order valence-electron chi connectivity index (χ1n) is 5.00. The monoisotopic (exact) mass is 299 g/mol. The van der Waals surface area contributed by atoms with Crippen LogP contribution in [0.5, 0.6) is 0 Å². The number of hydrogen-bond donors (Lipinski definition) is 2. The van der Waals surface area contributed by atoms with Crippen molar-refractivity contribution in [1.29, 1.82) is 0 Å². The molecule has 4 nitrogen and oxygen atoms in total. The van der Waals surface area contributed by atoms with Gasteiger partial charge in [0.25, 0.3) is 0 Å². The highest BCUT2D eigenvalue weighted by Crippen LogP contribution is 2.61. The summed E-state index contributed by atoms with van der Waals surface area (Å²) in [5.41, 5.74) is -0.131. The molecule has 1 fully saturated rings. The van der Waals surface area contributed by atoms with E-state index in [9.17, 15) is 14.0 Å². The number of amides is 1. The van der Waals surface area contributed by atoms with Crippen LogP contribution in [-0.2, 0) is 15.0 Å². The number of carbonyl (C=O) groups is 2. The van der Waals surface area contributed by atoms with Crippen LogP contribution in [0.2, 0.25) is 0 Å². The van der Waals surface area contributed by atoms with Gasteiger partial charge in [-0.1, -0.05) is 0 Å². The van der Waals surface area contributed by atoms with E-state index in [1.54, 1.807) is 0 Å². The Labute approximate surface area is 104 Å². The van der Waals surface area contributed by atoms with Crippen LogP contribution in [0.15, 0.2) is 16.6 Å². The lowest BCUT2D eigenvalue weighted by Crippen LogP contribution is -2.24. The molecule has 2 atom stereocenters. The van der Waals surface area contributed by atoms with Gasteiger partial charge in [-0.25, -0.2) is 4.39 Å². The molecule has 17 heavy (non-hydrogen) atoms. The minimum absolute atomic E-state index is 0.233. The summed E-state index contributed by atoms with van der Waals surface area (Å²) in [6.07, 6.45) is 0.233. The average molecular weight is 300 g/mol. The van der Waals surface area contributed by atoms with Crippen LogP contribution < -0.4 is 5.32 Å². The smallest absolute Gasteiger partial charge is 0.307 e. The molecule has 6 heteroatoms. The minimum Gasteiger partial charge on any atom is -0.481 e. The normalized spacial score (nSPS) is 29.1. The summed E-state index contributed by atoms with van der Waals surface area (Å²) in [7, 11) is 0. The summed E-state index contributed by atoms with van der Waals surface area (Å²) in [4.78, 5) is 22.8. The molecule has 0 bridgehead atoms. The molecule has 1 amide bonds. The molecule has 88 valence electrons. The molecule has 1 heterocycles. The number of nitrogens with one attached hydrogen (secondary N) is 1. The molecular weight excluding hydrogens is 293 g/mol. The van der Waals surface area contributed by atoms with Gasteiger partial charge in [0.2, 0.25) is 5.91 Å². The zero-order valence-corrected chi connectivity index (χ0v) is 10.0. The highest BCUT2D eigenvalue weighted by Gasteiger charge is 2.68. The average Bonchev–Trinajstić information content (AvgIpc) is 2.91. The van der Waals surface area contributed by atoms with Gasteiger partial charge in [-0.15, -0.1) is 0 Å². The van der Waals surface area contributed by atoms with Crippen molar-refractivity contribution in [3.63, 3.8) is 0 Å². The van der Waals surface area contributed by atoms with E-state index in [0.29, 0.717) is 15.7 Å². The number of fused-ring (bicyclic) bond motifs is 2. The van der Waals surface area contributed by atoms with E-state index < -0.39 is 23.1 Å². The van der Waals surface area contributed by atoms with E-state index in [-0.39, 0.29) is 12.3 Å². The molecule has 1 spiro atoms. The van der Waals surface area contributed by atoms with E-state index >= 15 is 0 Å². The lowest BCUT2D eigenvalue weighted by atomic mass is 9.95. The second-order valence-electron chi connectivity index (χ2n) is 4.33. The maximum Gasteiger partial charge on any atom is 0.307 e. The number of carboxylic acids is 1. The van der Waals surface area contributed by atoms with Crippen molar-refractivity contribution in [3.05, 3.63) is 28.0 Å². The van der Waals surface area contributed by atoms with Crippen molar-refractivity contribution in [1.82, 2.24) is 0 Å². The van der Waals surface area contributed by atoms with Gasteiger partial charge in [0, 0.05) is 4.47 Å². The number of carboxylic acid groups (broad SMARTS) is 1. The SMILES string of the molecule is O=C(O)C1CC12C(=O)Nc1c(Br)cc(F)cc12. The highest BCUT2D eigenvalue weighted by atomic mass is 79.9. The molecule has 3 rings (SSSR count). The van der Waals surface area contributed by atoms with Crippen LogP contribution in [0, 0.1) is 11.7 Å². The Kier molecular flexibility index (Phi) is 1.93. The molecular formula is C11H7BrFNO3. The maximum atomic E-state index is 13.3. The molecule has 0 radical (unpaired) electrons. The molecule has 0 saturated heterocycles. The fourth-order valence-corrected chi connectivity index (χ4v) is 3.04. The molecule has 1 aliphatic carbocycles. The summed E-state index contributed by atoms with van der Waals surface area (Å²) >= 11 is 3.16. The topological polar surface area (TPSA) is 66.4 Å². The van der Waals surface area contributed by atoms with Gasteiger partial charge in [-0.2, -0.15) is 0 Å². The zero-order chi connectivity index (χ0) is 12.4. The minimum atomic E-state index is -1.06.